The van der Waals surface area contributed by atoms with E-state index in [4.69, 9.17) is 0 Å². The van der Waals surface area contributed by atoms with Crippen LogP contribution in [-0.2, 0) is 4.79 Å². The SMILES string of the molecule is O=C(CSc1nnc2sc3ccccc3n12)N1CCCC2CCCCC21. The first-order valence-corrected chi connectivity index (χ1v) is 11.3. The van der Waals surface area contributed by atoms with Crippen molar-refractivity contribution in [1.29, 1.82) is 0 Å². The van der Waals surface area contributed by atoms with Crippen molar-refractivity contribution in [2.45, 2.75) is 49.7 Å². The molecule has 5 nitrogen and oxygen atoms in total. The molecule has 0 spiro atoms. The Morgan fingerprint density at radius 3 is 2.96 bits per heavy atom. The van der Waals surface area contributed by atoms with Gasteiger partial charge in [0.1, 0.15) is 0 Å². The Balaban J connectivity index is 1.34. The summed E-state index contributed by atoms with van der Waals surface area (Å²) in [5.74, 6) is 1.45. The molecular formula is C19H22N4OS2. The molecule has 1 aromatic carbocycles. The van der Waals surface area contributed by atoms with Gasteiger partial charge in [0.15, 0.2) is 5.16 Å². The predicted molar refractivity (Wildman–Crippen MR) is 106 cm³/mol. The van der Waals surface area contributed by atoms with Crippen LogP contribution in [0.2, 0.25) is 0 Å². The average molecular weight is 387 g/mol. The summed E-state index contributed by atoms with van der Waals surface area (Å²) in [5.41, 5.74) is 1.12. The summed E-state index contributed by atoms with van der Waals surface area (Å²) in [5, 5.41) is 9.44. The second kappa shape index (κ2) is 6.85. The predicted octanol–water partition coefficient (Wildman–Crippen LogP) is 4.22. The van der Waals surface area contributed by atoms with Crippen molar-refractivity contribution in [1.82, 2.24) is 19.5 Å². The lowest BCUT2D eigenvalue weighted by atomic mass is 9.78. The van der Waals surface area contributed by atoms with E-state index in [1.165, 1.54) is 48.6 Å². The molecule has 2 fully saturated rings. The van der Waals surface area contributed by atoms with E-state index in [0.29, 0.717) is 11.8 Å². The summed E-state index contributed by atoms with van der Waals surface area (Å²) >= 11 is 3.16. The van der Waals surface area contributed by atoms with Gasteiger partial charge in [-0.25, -0.2) is 0 Å². The Labute approximate surface area is 160 Å². The average Bonchev–Trinajstić information content (AvgIpc) is 3.25. The molecule has 1 saturated carbocycles. The van der Waals surface area contributed by atoms with Gasteiger partial charge in [-0.2, -0.15) is 0 Å². The van der Waals surface area contributed by atoms with E-state index in [-0.39, 0.29) is 5.91 Å². The van der Waals surface area contributed by atoms with Crippen LogP contribution < -0.4 is 0 Å². The highest BCUT2D eigenvalue weighted by atomic mass is 32.2. The normalized spacial score (nSPS) is 23.5. The fourth-order valence-electron chi connectivity index (χ4n) is 4.59. The molecule has 26 heavy (non-hydrogen) atoms. The molecule has 136 valence electrons. The van der Waals surface area contributed by atoms with Gasteiger partial charge in [-0.3, -0.25) is 9.20 Å². The van der Waals surface area contributed by atoms with Crippen LogP contribution in [0.15, 0.2) is 29.4 Å². The molecule has 3 heterocycles. The van der Waals surface area contributed by atoms with Crippen LogP contribution in [0.1, 0.15) is 38.5 Å². The fraction of sp³-hybridized carbons (Fsp3) is 0.526. The number of aromatic nitrogens is 3. The zero-order valence-corrected chi connectivity index (χ0v) is 16.3. The van der Waals surface area contributed by atoms with Gasteiger partial charge in [0.2, 0.25) is 10.9 Å². The van der Waals surface area contributed by atoms with E-state index in [0.717, 1.165) is 34.5 Å². The fourth-order valence-corrected chi connectivity index (χ4v) is 6.45. The zero-order valence-electron chi connectivity index (χ0n) is 14.6. The summed E-state index contributed by atoms with van der Waals surface area (Å²) in [4.78, 5) is 16.0. The molecule has 7 heteroatoms. The summed E-state index contributed by atoms with van der Waals surface area (Å²) in [7, 11) is 0. The highest BCUT2D eigenvalue weighted by Crippen LogP contribution is 2.36. The number of carbonyl (C=O) groups is 1. The summed E-state index contributed by atoms with van der Waals surface area (Å²) in [6.45, 7) is 0.928. The number of amides is 1. The van der Waals surface area contributed by atoms with Crippen LogP contribution in [0.25, 0.3) is 15.2 Å². The third kappa shape index (κ3) is 2.81. The van der Waals surface area contributed by atoms with Gasteiger partial charge in [-0.1, -0.05) is 48.1 Å². The van der Waals surface area contributed by atoms with Crippen LogP contribution in [0.5, 0.6) is 0 Å². The number of para-hydroxylation sites is 1. The largest absolute Gasteiger partial charge is 0.339 e. The maximum atomic E-state index is 12.9. The van der Waals surface area contributed by atoms with Crippen molar-refractivity contribution >= 4 is 44.2 Å². The first-order chi connectivity index (χ1) is 12.8. The van der Waals surface area contributed by atoms with Gasteiger partial charge in [-0.05, 0) is 43.7 Å². The third-order valence-electron chi connectivity index (χ3n) is 5.80. The zero-order chi connectivity index (χ0) is 17.5. The molecule has 5 rings (SSSR count). The number of piperidine rings is 1. The first kappa shape index (κ1) is 16.6. The molecule has 3 aromatic rings. The number of nitrogens with zero attached hydrogens (tertiary/aromatic N) is 4. The number of fused-ring (bicyclic) bond motifs is 4. The first-order valence-electron chi connectivity index (χ1n) is 9.46. The number of thioether (sulfide) groups is 1. The monoisotopic (exact) mass is 386 g/mol. The minimum atomic E-state index is 0.267. The second-order valence-electron chi connectivity index (χ2n) is 7.30. The Hall–Kier alpha value is -1.60. The molecule has 1 aliphatic heterocycles. The van der Waals surface area contributed by atoms with E-state index in [2.05, 4.69) is 31.6 Å². The summed E-state index contributed by atoms with van der Waals surface area (Å²) in [6.07, 6.45) is 7.54. The molecular weight excluding hydrogens is 364 g/mol. The minimum Gasteiger partial charge on any atom is -0.339 e. The van der Waals surface area contributed by atoms with Gasteiger partial charge in [0, 0.05) is 12.6 Å². The standard InChI is InChI=1S/C19H22N4OS2/c24-17(22-11-5-7-13-6-1-2-8-14(13)22)12-25-18-20-21-19-23(18)15-9-3-4-10-16(15)26-19/h3-4,9-10,13-14H,1-2,5-8,11-12H2. The van der Waals surface area contributed by atoms with Crippen LogP contribution in [-0.4, -0.2) is 43.7 Å². The Bertz CT molecular complexity index is 947. The molecule has 1 aliphatic carbocycles. The van der Waals surface area contributed by atoms with Gasteiger partial charge in [0.05, 0.1) is 16.0 Å². The molecule has 0 radical (unpaired) electrons. The van der Waals surface area contributed by atoms with Crippen LogP contribution >= 0.6 is 23.1 Å². The number of carbonyl (C=O) groups excluding carboxylic acids is 1. The van der Waals surface area contributed by atoms with Crippen LogP contribution in [0.3, 0.4) is 0 Å². The molecule has 2 unspecified atom stereocenters. The van der Waals surface area contributed by atoms with Crippen molar-refractivity contribution in [3.8, 4) is 0 Å². The van der Waals surface area contributed by atoms with E-state index in [1.54, 1.807) is 11.3 Å². The molecule has 2 atom stereocenters. The van der Waals surface area contributed by atoms with Crippen molar-refractivity contribution in [2.75, 3.05) is 12.3 Å². The van der Waals surface area contributed by atoms with Gasteiger partial charge in [0.25, 0.3) is 0 Å². The molecule has 2 aromatic heterocycles. The molecule has 0 bridgehead atoms. The van der Waals surface area contributed by atoms with Gasteiger partial charge >= 0.3 is 0 Å². The molecule has 0 N–H and O–H groups in total. The number of thiazole rings is 1. The Morgan fingerprint density at radius 1 is 1.15 bits per heavy atom. The minimum absolute atomic E-state index is 0.267. The van der Waals surface area contributed by atoms with E-state index in [1.807, 2.05) is 12.1 Å². The number of likely N-dealkylation sites (tertiary alicyclic amines) is 1. The molecule has 2 aliphatic rings. The molecule has 1 amide bonds. The summed E-state index contributed by atoms with van der Waals surface area (Å²) < 4.78 is 3.28. The Morgan fingerprint density at radius 2 is 2.00 bits per heavy atom. The van der Waals surface area contributed by atoms with Crippen molar-refractivity contribution in [3.05, 3.63) is 24.3 Å². The maximum absolute atomic E-state index is 12.9. The lowest BCUT2D eigenvalue weighted by Gasteiger charge is -2.44. The van der Waals surface area contributed by atoms with Crippen molar-refractivity contribution in [2.24, 2.45) is 5.92 Å². The molecule has 1 saturated heterocycles. The lowest BCUT2D eigenvalue weighted by molar-refractivity contribution is -0.134. The van der Waals surface area contributed by atoms with Crippen LogP contribution in [0, 0.1) is 5.92 Å². The third-order valence-corrected chi connectivity index (χ3v) is 7.73. The number of benzene rings is 1. The quantitative estimate of drug-likeness (QED) is 0.633. The highest BCUT2D eigenvalue weighted by Gasteiger charge is 2.35. The Kier molecular flexibility index (Phi) is 4.36. The lowest BCUT2D eigenvalue weighted by Crippen LogP contribution is -2.50. The van der Waals surface area contributed by atoms with E-state index in [9.17, 15) is 4.79 Å². The van der Waals surface area contributed by atoms with Gasteiger partial charge in [-0.15, -0.1) is 10.2 Å². The highest BCUT2D eigenvalue weighted by molar-refractivity contribution is 7.99. The second-order valence-corrected chi connectivity index (χ2v) is 9.25. The smallest absolute Gasteiger partial charge is 0.233 e. The van der Waals surface area contributed by atoms with E-state index >= 15 is 0 Å². The van der Waals surface area contributed by atoms with Gasteiger partial charge < -0.3 is 4.90 Å². The number of hydrogen-bond donors (Lipinski definition) is 0. The van der Waals surface area contributed by atoms with Crippen molar-refractivity contribution < 1.29 is 4.79 Å². The maximum Gasteiger partial charge on any atom is 0.233 e. The van der Waals surface area contributed by atoms with E-state index < -0.39 is 0 Å². The topological polar surface area (TPSA) is 50.5 Å². The number of hydrogen-bond acceptors (Lipinski definition) is 5. The van der Waals surface area contributed by atoms with Crippen molar-refractivity contribution in [3.63, 3.8) is 0 Å². The van der Waals surface area contributed by atoms with Crippen LogP contribution in [0.4, 0.5) is 0 Å². The summed E-state index contributed by atoms with van der Waals surface area (Å²) in [6, 6.07) is 8.74. The number of rotatable bonds is 3.